The number of thioether (sulfide) groups is 1. The molecule has 0 radical (unpaired) electrons. The van der Waals surface area contributed by atoms with Crippen LogP contribution in [0.1, 0.15) is 40.5 Å². The van der Waals surface area contributed by atoms with E-state index in [4.69, 9.17) is 4.74 Å². The zero-order valence-electron chi connectivity index (χ0n) is 15.0. The summed E-state index contributed by atoms with van der Waals surface area (Å²) >= 11 is 1.19. The second kappa shape index (κ2) is 9.07. The standard InChI is InChI=1S/C16H26N2O6S/c1-10(19)25-9-11-7-13(20)18(8-11)6-5-12(14(21)22)17-15(23)24-16(2,3)4/h11-12H,5-9H2,1-4H3,(H,17,23)(H,21,22)/t11?,12-/m0/s1. The predicted octanol–water partition coefficient (Wildman–Crippen LogP) is 1.48. The Kier molecular flexibility index (Phi) is 7.72. The van der Waals surface area contributed by atoms with E-state index in [0.717, 1.165) is 0 Å². The molecular weight excluding hydrogens is 348 g/mol. The second-order valence-electron chi connectivity index (χ2n) is 7.04. The summed E-state index contributed by atoms with van der Waals surface area (Å²) in [6.07, 6.45) is -0.354. The number of nitrogens with zero attached hydrogens (tertiary/aromatic N) is 1. The average molecular weight is 374 g/mol. The number of carbonyl (C=O) groups is 4. The van der Waals surface area contributed by atoms with Gasteiger partial charge in [-0.05, 0) is 33.1 Å². The molecule has 2 atom stereocenters. The number of hydrogen-bond donors (Lipinski definition) is 2. The Labute approximate surface area is 151 Å². The lowest BCUT2D eigenvalue weighted by molar-refractivity contribution is -0.140. The van der Waals surface area contributed by atoms with Crippen LogP contribution < -0.4 is 5.32 Å². The molecule has 9 heteroatoms. The molecule has 0 saturated carbocycles. The topological polar surface area (TPSA) is 113 Å². The summed E-state index contributed by atoms with van der Waals surface area (Å²) in [5, 5.41) is 11.6. The summed E-state index contributed by atoms with van der Waals surface area (Å²) in [4.78, 5) is 47.6. The molecule has 0 bridgehead atoms. The maximum Gasteiger partial charge on any atom is 0.408 e. The fraction of sp³-hybridized carbons (Fsp3) is 0.750. The van der Waals surface area contributed by atoms with Gasteiger partial charge in [0.25, 0.3) is 0 Å². The zero-order chi connectivity index (χ0) is 19.2. The predicted molar refractivity (Wildman–Crippen MR) is 93.2 cm³/mol. The molecule has 1 aliphatic heterocycles. The maximum absolute atomic E-state index is 12.0. The number of amides is 2. The first kappa shape index (κ1) is 21.3. The highest BCUT2D eigenvalue weighted by Gasteiger charge is 2.31. The number of aliphatic carboxylic acids is 1. The Morgan fingerprint density at radius 2 is 2.04 bits per heavy atom. The van der Waals surface area contributed by atoms with Crippen molar-refractivity contribution in [2.45, 2.75) is 52.2 Å². The van der Waals surface area contributed by atoms with E-state index >= 15 is 0 Å². The van der Waals surface area contributed by atoms with Gasteiger partial charge in [-0.15, -0.1) is 0 Å². The molecule has 0 aromatic carbocycles. The Morgan fingerprint density at radius 3 is 2.56 bits per heavy atom. The Bertz CT molecular complexity index is 531. The Balaban J connectivity index is 2.49. The van der Waals surface area contributed by atoms with Crippen LogP contribution in [0.25, 0.3) is 0 Å². The molecule has 1 fully saturated rings. The molecule has 0 aliphatic carbocycles. The highest BCUT2D eigenvalue weighted by Crippen LogP contribution is 2.22. The molecule has 0 aromatic heterocycles. The van der Waals surface area contributed by atoms with Crippen LogP contribution in [0.15, 0.2) is 0 Å². The third-order valence-electron chi connectivity index (χ3n) is 3.49. The summed E-state index contributed by atoms with van der Waals surface area (Å²) in [6, 6.07) is -1.13. The van der Waals surface area contributed by atoms with Gasteiger partial charge in [0.1, 0.15) is 11.6 Å². The molecular formula is C16H26N2O6S. The molecule has 2 amide bonds. The van der Waals surface area contributed by atoms with Crippen LogP contribution in [-0.2, 0) is 19.1 Å². The maximum atomic E-state index is 12.0. The van der Waals surface area contributed by atoms with Crippen LogP contribution in [0.5, 0.6) is 0 Å². The summed E-state index contributed by atoms with van der Waals surface area (Å²) in [7, 11) is 0. The second-order valence-corrected chi connectivity index (χ2v) is 8.24. The van der Waals surface area contributed by atoms with Crippen LogP contribution in [0, 0.1) is 5.92 Å². The minimum atomic E-state index is -1.18. The lowest BCUT2D eigenvalue weighted by Crippen LogP contribution is -2.45. The molecule has 0 aromatic rings. The van der Waals surface area contributed by atoms with E-state index in [1.807, 2.05) is 0 Å². The number of carboxylic acids is 1. The van der Waals surface area contributed by atoms with Gasteiger partial charge in [0.15, 0.2) is 5.12 Å². The smallest absolute Gasteiger partial charge is 0.408 e. The van der Waals surface area contributed by atoms with Gasteiger partial charge in [-0.3, -0.25) is 9.59 Å². The Hall–Kier alpha value is -1.77. The van der Waals surface area contributed by atoms with Crippen molar-refractivity contribution in [2.24, 2.45) is 5.92 Å². The van der Waals surface area contributed by atoms with Gasteiger partial charge >= 0.3 is 12.1 Å². The van der Waals surface area contributed by atoms with Crippen LogP contribution in [0.4, 0.5) is 4.79 Å². The number of ether oxygens (including phenoxy) is 1. The molecule has 2 N–H and O–H groups in total. The van der Waals surface area contributed by atoms with Gasteiger partial charge in [-0.2, -0.15) is 0 Å². The van der Waals surface area contributed by atoms with E-state index < -0.39 is 23.7 Å². The first-order valence-corrected chi connectivity index (χ1v) is 9.10. The van der Waals surface area contributed by atoms with E-state index in [-0.39, 0.29) is 29.9 Å². The van der Waals surface area contributed by atoms with Crippen molar-refractivity contribution in [2.75, 3.05) is 18.8 Å². The number of alkyl carbamates (subject to hydrolysis) is 1. The highest BCUT2D eigenvalue weighted by atomic mass is 32.2. The highest BCUT2D eigenvalue weighted by molar-refractivity contribution is 8.13. The lowest BCUT2D eigenvalue weighted by Gasteiger charge is -2.23. The van der Waals surface area contributed by atoms with Crippen LogP contribution in [0.3, 0.4) is 0 Å². The van der Waals surface area contributed by atoms with Gasteiger partial charge in [0, 0.05) is 32.2 Å². The van der Waals surface area contributed by atoms with Gasteiger partial charge in [-0.25, -0.2) is 9.59 Å². The minimum Gasteiger partial charge on any atom is -0.480 e. The van der Waals surface area contributed by atoms with Gasteiger partial charge in [-0.1, -0.05) is 11.8 Å². The number of hydrogen-bond acceptors (Lipinski definition) is 6. The van der Waals surface area contributed by atoms with Crippen molar-refractivity contribution in [3.05, 3.63) is 0 Å². The summed E-state index contributed by atoms with van der Waals surface area (Å²) in [5.41, 5.74) is -0.723. The molecule has 8 nitrogen and oxygen atoms in total. The first-order valence-electron chi connectivity index (χ1n) is 8.11. The molecule has 1 unspecified atom stereocenters. The van der Waals surface area contributed by atoms with E-state index in [1.54, 1.807) is 25.7 Å². The summed E-state index contributed by atoms with van der Waals surface area (Å²) in [5.74, 6) is -0.573. The summed E-state index contributed by atoms with van der Waals surface area (Å²) in [6.45, 7) is 7.27. The van der Waals surface area contributed by atoms with Gasteiger partial charge in [0.2, 0.25) is 5.91 Å². The molecule has 1 saturated heterocycles. The molecule has 25 heavy (non-hydrogen) atoms. The first-order chi connectivity index (χ1) is 11.5. The number of likely N-dealkylation sites (tertiary alicyclic amines) is 1. The SMILES string of the molecule is CC(=O)SCC1CC(=O)N(CC[C@H](NC(=O)OC(C)(C)C)C(=O)O)C1. The van der Waals surface area contributed by atoms with Crippen molar-refractivity contribution >= 4 is 34.8 Å². The number of nitrogens with one attached hydrogen (secondary N) is 1. The third kappa shape index (κ3) is 8.24. The third-order valence-corrected chi connectivity index (χ3v) is 4.54. The number of carboxylic acid groups (broad SMARTS) is 1. The molecule has 1 rings (SSSR count). The van der Waals surface area contributed by atoms with Crippen LogP contribution in [0.2, 0.25) is 0 Å². The zero-order valence-corrected chi connectivity index (χ0v) is 15.9. The number of carbonyl (C=O) groups excluding carboxylic acids is 3. The number of rotatable bonds is 7. The summed E-state index contributed by atoms with van der Waals surface area (Å²) < 4.78 is 5.05. The fourth-order valence-corrected chi connectivity index (χ4v) is 3.10. The fourth-order valence-electron chi connectivity index (χ4n) is 2.41. The lowest BCUT2D eigenvalue weighted by atomic mass is 10.1. The van der Waals surface area contributed by atoms with Crippen molar-refractivity contribution in [1.82, 2.24) is 10.2 Å². The van der Waals surface area contributed by atoms with E-state index in [0.29, 0.717) is 18.7 Å². The van der Waals surface area contributed by atoms with Crippen molar-refractivity contribution in [3.8, 4) is 0 Å². The van der Waals surface area contributed by atoms with Gasteiger partial charge < -0.3 is 20.1 Å². The van der Waals surface area contributed by atoms with Crippen molar-refractivity contribution in [1.29, 1.82) is 0 Å². The normalized spacial score (nSPS) is 18.8. The average Bonchev–Trinajstić information content (AvgIpc) is 2.79. The molecule has 0 spiro atoms. The van der Waals surface area contributed by atoms with Crippen LogP contribution in [-0.4, -0.2) is 63.6 Å². The molecule has 1 aliphatic rings. The monoisotopic (exact) mass is 374 g/mol. The largest absolute Gasteiger partial charge is 0.480 e. The quantitative estimate of drug-likeness (QED) is 0.694. The Morgan fingerprint density at radius 1 is 1.40 bits per heavy atom. The minimum absolute atomic E-state index is 0.0124. The van der Waals surface area contributed by atoms with Gasteiger partial charge in [0.05, 0.1) is 0 Å². The van der Waals surface area contributed by atoms with E-state index in [9.17, 15) is 24.3 Å². The van der Waals surface area contributed by atoms with Crippen LogP contribution >= 0.6 is 11.8 Å². The van der Waals surface area contributed by atoms with Crippen molar-refractivity contribution in [3.63, 3.8) is 0 Å². The molecule has 142 valence electrons. The molecule has 1 heterocycles. The van der Waals surface area contributed by atoms with Crippen molar-refractivity contribution < 1.29 is 29.0 Å². The van der Waals surface area contributed by atoms with E-state index in [1.165, 1.54) is 18.7 Å². The van der Waals surface area contributed by atoms with E-state index in [2.05, 4.69) is 5.32 Å².